The summed E-state index contributed by atoms with van der Waals surface area (Å²) >= 11 is 9.08. The number of aromatic nitrogens is 2. The zero-order valence-electron chi connectivity index (χ0n) is 11.1. The maximum atomic E-state index is 12.0. The summed E-state index contributed by atoms with van der Waals surface area (Å²) in [5.41, 5.74) is 6.20. The molecule has 0 spiro atoms. The van der Waals surface area contributed by atoms with Gasteiger partial charge in [0.2, 0.25) is 5.91 Å². The van der Waals surface area contributed by atoms with Gasteiger partial charge in [0, 0.05) is 11.9 Å². The predicted octanol–water partition coefficient (Wildman–Crippen LogP) is 2.19. The third kappa shape index (κ3) is 3.62. The number of nitrogens with two attached hydrogens (primary N) is 1. The second kappa shape index (κ2) is 6.28. The Hall–Kier alpha value is -1.86. The number of carbonyl (C=O) groups is 1. The lowest BCUT2D eigenvalue weighted by Gasteiger charge is -2.11. The number of nitrogens with one attached hydrogen (secondary N) is 1. The van der Waals surface area contributed by atoms with E-state index in [0.29, 0.717) is 26.7 Å². The van der Waals surface area contributed by atoms with Crippen LogP contribution in [0.25, 0.3) is 0 Å². The monoisotopic (exact) mass is 370 g/mol. The van der Waals surface area contributed by atoms with Gasteiger partial charge in [0.05, 0.1) is 10.7 Å². The van der Waals surface area contributed by atoms with Crippen molar-refractivity contribution < 1.29 is 4.79 Å². The molecule has 0 radical (unpaired) electrons. The van der Waals surface area contributed by atoms with E-state index in [4.69, 9.17) is 17.3 Å². The lowest BCUT2D eigenvalue weighted by atomic mass is 10.3. The third-order valence-electron chi connectivity index (χ3n) is 2.77. The maximum Gasteiger partial charge on any atom is 0.268 e. The molecule has 1 aromatic heterocycles. The van der Waals surface area contributed by atoms with Crippen LogP contribution in [-0.4, -0.2) is 15.5 Å². The number of rotatable bonds is 3. The molecule has 0 atom stereocenters. The molecule has 110 valence electrons. The molecule has 1 amide bonds. The Labute approximate surface area is 134 Å². The van der Waals surface area contributed by atoms with Crippen molar-refractivity contribution in [3.63, 3.8) is 0 Å². The van der Waals surface area contributed by atoms with Gasteiger partial charge < -0.3 is 11.1 Å². The number of nitrogen functional groups attached to an aromatic ring is 1. The first-order valence-electron chi connectivity index (χ1n) is 5.95. The molecule has 0 aliphatic rings. The highest BCUT2D eigenvalue weighted by Gasteiger charge is 2.11. The molecule has 0 bridgehead atoms. The average molecular weight is 372 g/mol. The van der Waals surface area contributed by atoms with Crippen LogP contribution in [0, 0.1) is 6.92 Å². The summed E-state index contributed by atoms with van der Waals surface area (Å²) in [4.78, 5) is 28.0. The molecule has 0 saturated carbocycles. The fraction of sp³-hybridized carbons (Fsp3) is 0.154. The number of amides is 1. The van der Waals surface area contributed by atoms with Gasteiger partial charge in [0.15, 0.2) is 0 Å². The number of hydrogen-bond donors (Lipinski definition) is 2. The van der Waals surface area contributed by atoms with Gasteiger partial charge in [0.25, 0.3) is 5.56 Å². The van der Waals surface area contributed by atoms with E-state index in [9.17, 15) is 9.59 Å². The molecular weight excluding hydrogens is 360 g/mol. The summed E-state index contributed by atoms with van der Waals surface area (Å²) in [5, 5.41) is 2.96. The Morgan fingerprint density at radius 2 is 2.24 bits per heavy atom. The molecule has 0 saturated heterocycles. The summed E-state index contributed by atoms with van der Waals surface area (Å²) in [7, 11) is 0. The average Bonchev–Trinajstić information content (AvgIpc) is 2.42. The van der Waals surface area contributed by atoms with E-state index in [-0.39, 0.29) is 18.0 Å². The van der Waals surface area contributed by atoms with Crippen LogP contribution in [0.15, 0.2) is 33.7 Å². The first-order chi connectivity index (χ1) is 9.88. The number of halogens is 2. The standard InChI is InChI=1S/C13H12BrClN4O2/c1-7-17-5-9(14)13(21)19(7)6-12(20)18-11-3-2-8(16)4-10(11)15/h2-5H,6,16H2,1H3,(H,18,20). The minimum atomic E-state index is -0.383. The Kier molecular flexibility index (Phi) is 4.64. The fourth-order valence-electron chi connectivity index (χ4n) is 1.70. The number of aryl methyl sites for hydroxylation is 1. The Balaban J connectivity index is 2.20. The largest absolute Gasteiger partial charge is 0.399 e. The van der Waals surface area contributed by atoms with E-state index in [2.05, 4.69) is 26.2 Å². The summed E-state index contributed by atoms with van der Waals surface area (Å²) < 4.78 is 1.57. The van der Waals surface area contributed by atoms with Crippen LogP contribution in [-0.2, 0) is 11.3 Å². The van der Waals surface area contributed by atoms with Gasteiger partial charge >= 0.3 is 0 Å². The van der Waals surface area contributed by atoms with Gasteiger partial charge in [-0.25, -0.2) is 4.98 Å². The van der Waals surface area contributed by atoms with Gasteiger partial charge in [-0.05, 0) is 41.1 Å². The highest BCUT2D eigenvalue weighted by atomic mass is 79.9. The fourth-order valence-corrected chi connectivity index (χ4v) is 2.26. The second-order valence-corrected chi connectivity index (χ2v) is 5.59. The van der Waals surface area contributed by atoms with Gasteiger partial charge in [-0.15, -0.1) is 0 Å². The number of anilines is 2. The van der Waals surface area contributed by atoms with Crippen molar-refractivity contribution in [1.29, 1.82) is 0 Å². The molecule has 21 heavy (non-hydrogen) atoms. The van der Waals surface area contributed by atoms with Crippen LogP contribution in [0.1, 0.15) is 5.82 Å². The van der Waals surface area contributed by atoms with E-state index >= 15 is 0 Å². The zero-order chi connectivity index (χ0) is 15.6. The number of benzene rings is 1. The van der Waals surface area contributed by atoms with Crippen LogP contribution in [0.2, 0.25) is 5.02 Å². The molecule has 2 rings (SSSR count). The first kappa shape index (κ1) is 15.5. The van der Waals surface area contributed by atoms with Crippen LogP contribution >= 0.6 is 27.5 Å². The predicted molar refractivity (Wildman–Crippen MR) is 85.4 cm³/mol. The third-order valence-corrected chi connectivity index (χ3v) is 3.63. The molecular formula is C13H12BrClN4O2. The summed E-state index contributed by atoms with van der Waals surface area (Å²) in [6.07, 6.45) is 1.41. The van der Waals surface area contributed by atoms with E-state index in [1.54, 1.807) is 19.1 Å². The Morgan fingerprint density at radius 3 is 2.90 bits per heavy atom. The lowest BCUT2D eigenvalue weighted by molar-refractivity contribution is -0.116. The number of carbonyl (C=O) groups excluding carboxylic acids is 1. The maximum absolute atomic E-state index is 12.0. The number of nitrogens with zero attached hydrogens (tertiary/aromatic N) is 2. The van der Waals surface area contributed by atoms with Crippen LogP contribution in [0.3, 0.4) is 0 Å². The van der Waals surface area contributed by atoms with E-state index in [1.165, 1.54) is 16.8 Å². The first-order valence-corrected chi connectivity index (χ1v) is 7.12. The summed E-state index contributed by atoms with van der Waals surface area (Å²) in [5.74, 6) is 0.0634. The SMILES string of the molecule is Cc1ncc(Br)c(=O)n1CC(=O)Nc1ccc(N)cc1Cl. The minimum Gasteiger partial charge on any atom is -0.399 e. The molecule has 0 aliphatic carbocycles. The quantitative estimate of drug-likeness (QED) is 0.809. The van der Waals surface area contributed by atoms with Gasteiger partial charge in [-0.1, -0.05) is 11.6 Å². The topological polar surface area (TPSA) is 90.0 Å². The summed E-state index contributed by atoms with van der Waals surface area (Å²) in [6.45, 7) is 1.50. The van der Waals surface area contributed by atoms with Crippen molar-refractivity contribution in [2.24, 2.45) is 0 Å². The van der Waals surface area contributed by atoms with Crippen molar-refractivity contribution >= 4 is 44.8 Å². The van der Waals surface area contributed by atoms with Gasteiger partial charge in [-0.3, -0.25) is 14.2 Å². The molecule has 3 N–H and O–H groups in total. The van der Waals surface area contributed by atoms with Crippen molar-refractivity contribution in [3.8, 4) is 0 Å². The van der Waals surface area contributed by atoms with Crippen molar-refractivity contribution in [1.82, 2.24) is 9.55 Å². The lowest BCUT2D eigenvalue weighted by Crippen LogP contribution is -2.30. The molecule has 0 fully saturated rings. The van der Waals surface area contributed by atoms with Crippen LogP contribution in [0.5, 0.6) is 0 Å². The normalized spacial score (nSPS) is 10.4. The van der Waals surface area contributed by atoms with Crippen LogP contribution in [0.4, 0.5) is 11.4 Å². The minimum absolute atomic E-state index is 0.155. The van der Waals surface area contributed by atoms with Gasteiger partial charge in [0.1, 0.15) is 16.8 Å². The van der Waals surface area contributed by atoms with E-state index in [0.717, 1.165) is 0 Å². The van der Waals surface area contributed by atoms with Crippen molar-refractivity contribution in [2.75, 3.05) is 11.1 Å². The molecule has 1 heterocycles. The molecule has 8 heteroatoms. The summed E-state index contributed by atoms with van der Waals surface area (Å²) in [6, 6.07) is 4.76. The van der Waals surface area contributed by atoms with E-state index in [1.807, 2.05) is 0 Å². The smallest absolute Gasteiger partial charge is 0.268 e. The molecule has 0 unspecified atom stereocenters. The molecule has 2 aromatic rings. The molecule has 6 nitrogen and oxygen atoms in total. The zero-order valence-corrected chi connectivity index (χ0v) is 13.4. The van der Waals surface area contributed by atoms with Crippen molar-refractivity contribution in [2.45, 2.75) is 13.5 Å². The highest BCUT2D eigenvalue weighted by Crippen LogP contribution is 2.23. The van der Waals surface area contributed by atoms with Crippen molar-refractivity contribution in [3.05, 3.63) is 50.1 Å². The molecule has 0 aliphatic heterocycles. The Morgan fingerprint density at radius 1 is 1.52 bits per heavy atom. The van der Waals surface area contributed by atoms with Gasteiger partial charge in [-0.2, -0.15) is 0 Å². The molecule has 1 aromatic carbocycles. The van der Waals surface area contributed by atoms with E-state index < -0.39 is 0 Å². The highest BCUT2D eigenvalue weighted by molar-refractivity contribution is 9.10. The Bertz CT molecular complexity index is 760. The second-order valence-electron chi connectivity index (χ2n) is 4.33. The number of hydrogen-bond acceptors (Lipinski definition) is 4. The van der Waals surface area contributed by atoms with Crippen LogP contribution < -0.4 is 16.6 Å².